The molecule has 3 aromatic carbocycles. The molecule has 0 aromatic heterocycles. The molecule has 9 heteroatoms. The van der Waals surface area contributed by atoms with E-state index in [1.165, 1.54) is 30.4 Å². The van der Waals surface area contributed by atoms with Crippen LogP contribution in [0.15, 0.2) is 77.7 Å². The number of rotatable bonds is 10. The molecular weight excluding hydrogens is 456 g/mol. The summed E-state index contributed by atoms with van der Waals surface area (Å²) >= 11 is 0. The molecule has 0 saturated heterocycles. The Morgan fingerprint density at radius 2 is 1.41 bits per heavy atom. The molecule has 3 rings (SSSR count). The highest BCUT2D eigenvalue weighted by Crippen LogP contribution is 2.25. The van der Waals surface area contributed by atoms with Crippen molar-refractivity contribution in [2.75, 3.05) is 29.9 Å². The van der Waals surface area contributed by atoms with E-state index in [4.69, 9.17) is 9.47 Å². The Balaban J connectivity index is 1.58. The zero-order valence-electron chi connectivity index (χ0n) is 19.1. The van der Waals surface area contributed by atoms with Gasteiger partial charge in [0.05, 0.1) is 17.2 Å². The molecule has 0 aliphatic heterocycles. The number of nitrogens with one attached hydrogen (secondary N) is 1. The van der Waals surface area contributed by atoms with E-state index in [0.29, 0.717) is 35.0 Å². The monoisotopic (exact) mass is 482 g/mol. The van der Waals surface area contributed by atoms with Gasteiger partial charge in [-0.3, -0.25) is 13.9 Å². The third kappa shape index (κ3) is 6.14. The van der Waals surface area contributed by atoms with Crippen LogP contribution in [0.1, 0.15) is 24.2 Å². The van der Waals surface area contributed by atoms with E-state index in [9.17, 15) is 18.0 Å². The van der Waals surface area contributed by atoms with Crippen molar-refractivity contribution in [2.24, 2.45) is 0 Å². The van der Waals surface area contributed by atoms with Gasteiger partial charge in [-0.25, -0.2) is 8.42 Å². The molecule has 0 unspecified atom stereocenters. The highest BCUT2D eigenvalue weighted by atomic mass is 32.2. The van der Waals surface area contributed by atoms with E-state index >= 15 is 0 Å². The van der Waals surface area contributed by atoms with Crippen LogP contribution in [0.25, 0.3) is 0 Å². The largest absolute Gasteiger partial charge is 0.494 e. The van der Waals surface area contributed by atoms with Crippen molar-refractivity contribution in [3.8, 4) is 11.5 Å². The van der Waals surface area contributed by atoms with Gasteiger partial charge in [0, 0.05) is 18.3 Å². The first-order chi connectivity index (χ1) is 16.2. The highest BCUT2D eigenvalue weighted by Gasteiger charge is 2.21. The molecule has 0 spiro atoms. The van der Waals surface area contributed by atoms with Crippen molar-refractivity contribution in [1.82, 2.24) is 0 Å². The second-order valence-corrected chi connectivity index (χ2v) is 9.31. The minimum Gasteiger partial charge on any atom is -0.494 e. The number of anilines is 2. The second-order valence-electron chi connectivity index (χ2n) is 7.34. The van der Waals surface area contributed by atoms with Crippen LogP contribution in [-0.4, -0.2) is 40.4 Å². The molecule has 178 valence electrons. The van der Waals surface area contributed by atoms with Crippen LogP contribution in [0.5, 0.6) is 11.5 Å². The number of carbonyl (C=O) groups is 2. The zero-order chi connectivity index (χ0) is 24.7. The van der Waals surface area contributed by atoms with Crippen molar-refractivity contribution >= 4 is 33.1 Å². The topological polar surface area (TPSA) is 102 Å². The number of Topliss-reactive ketones (excluding diaryl/α,β-unsaturated/α-hetero) is 1. The molecule has 8 nitrogen and oxygen atoms in total. The predicted molar refractivity (Wildman–Crippen MR) is 130 cm³/mol. The van der Waals surface area contributed by atoms with E-state index in [2.05, 4.69) is 5.32 Å². The predicted octanol–water partition coefficient (Wildman–Crippen LogP) is 4.13. The van der Waals surface area contributed by atoms with E-state index in [1.54, 1.807) is 60.7 Å². The number of amides is 1. The van der Waals surface area contributed by atoms with Gasteiger partial charge < -0.3 is 14.8 Å². The van der Waals surface area contributed by atoms with Gasteiger partial charge in [0.25, 0.3) is 15.9 Å². The minimum absolute atomic E-state index is 0.0532. The van der Waals surface area contributed by atoms with Gasteiger partial charge in [-0.2, -0.15) is 0 Å². The fourth-order valence-electron chi connectivity index (χ4n) is 3.06. The molecule has 0 fully saturated rings. The Hall–Kier alpha value is -3.85. The Bertz CT molecular complexity index is 1240. The summed E-state index contributed by atoms with van der Waals surface area (Å²) in [6, 6.07) is 19.2. The van der Waals surface area contributed by atoms with Crippen molar-refractivity contribution in [3.05, 3.63) is 78.4 Å². The smallest absolute Gasteiger partial charge is 0.264 e. The summed E-state index contributed by atoms with van der Waals surface area (Å²) in [5, 5.41) is 2.69. The van der Waals surface area contributed by atoms with Crippen LogP contribution in [0, 0.1) is 0 Å². The molecular formula is C25H26N2O6S. The Kier molecular flexibility index (Phi) is 7.91. The van der Waals surface area contributed by atoms with E-state index in [1.807, 2.05) is 6.92 Å². The van der Waals surface area contributed by atoms with Crippen molar-refractivity contribution in [3.63, 3.8) is 0 Å². The Labute approximate surface area is 199 Å². The summed E-state index contributed by atoms with van der Waals surface area (Å²) in [4.78, 5) is 23.6. The fourth-order valence-corrected chi connectivity index (χ4v) is 4.25. The van der Waals surface area contributed by atoms with Crippen LogP contribution in [0.4, 0.5) is 11.4 Å². The lowest BCUT2D eigenvalue weighted by Crippen LogP contribution is -2.26. The molecule has 0 bridgehead atoms. The van der Waals surface area contributed by atoms with Crippen LogP contribution >= 0.6 is 0 Å². The molecule has 0 saturated carbocycles. The number of sulfonamides is 1. The lowest BCUT2D eigenvalue weighted by molar-refractivity contribution is -0.118. The summed E-state index contributed by atoms with van der Waals surface area (Å²) in [6.45, 7) is 3.60. The third-order valence-corrected chi connectivity index (χ3v) is 6.74. The van der Waals surface area contributed by atoms with Crippen molar-refractivity contribution in [2.45, 2.75) is 18.7 Å². The summed E-state index contributed by atoms with van der Waals surface area (Å²) in [6.07, 6.45) is 0. The van der Waals surface area contributed by atoms with Gasteiger partial charge >= 0.3 is 0 Å². The number of ketones is 1. The van der Waals surface area contributed by atoms with Crippen LogP contribution < -0.4 is 19.1 Å². The van der Waals surface area contributed by atoms with Crippen molar-refractivity contribution < 1.29 is 27.5 Å². The quantitative estimate of drug-likeness (QED) is 0.436. The maximum absolute atomic E-state index is 12.9. The minimum atomic E-state index is -3.75. The van der Waals surface area contributed by atoms with Gasteiger partial charge in [0.1, 0.15) is 11.5 Å². The molecule has 1 amide bonds. The SMILES string of the molecule is CCOc1ccc(S(=O)(=O)N(C)c2ccc(OCC(=O)Nc3ccc(C(C)=O)cc3)cc2)cc1. The molecule has 34 heavy (non-hydrogen) atoms. The second kappa shape index (κ2) is 10.8. The van der Waals surface area contributed by atoms with Gasteiger partial charge in [-0.05, 0) is 86.6 Å². The molecule has 3 aromatic rings. The molecule has 1 N–H and O–H groups in total. The summed E-state index contributed by atoms with van der Waals surface area (Å²) in [5.41, 5.74) is 1.55. The standard InChI is InChI=1S/C25H26N2O6S/c1-4-32-22-13-15-24(16-14-22)34(30,31)27(3)21-9-11-23(12-10-21)33-17-25(29)26-20-7-5-19(6-8-20)18(2)28/h5-16H,4,17H2,1-3H3,(H,26,29). The van der Waals surface area contributed by atoms with Gasteiger partial charge in [-0.15, -0.1) is 0 Å². The van der Waals surface area contributed by atoms with E-state index in [0.717, 1.165) is 0 Å². The van der Waals surface area contributed by atoms with Crippen molar-refractivity contribution in [1.29, 1.82) is 0 Å². The average Bonchev–Trinajstić information content (AvgIpc) is 2.83. The maximum atomic E-state index is 12.9. The first-order valence-corrected chi connectivity index (χ1v) is 12.0. The van der Waals surface area contributed by atoms with Crippen LogP contribution in [-0.2, 0) is 14.8 Å². The highest BCUT2D eigenvalue weighted by molar-refractivity contribution is 7.92. The van der Waals surface area contributed by atoms with E-state index < -0.39 is 10.0 Å². The first kappa shape index (κ1) is 24.8. The number of hydrogen-bond donors (Lipinski definition) is 1. The number of nitrogens with zero attached hydrogens (tertiary/aromatic N) is 1. The molecule has 0 aliphatic rings. The lowest BCUT2D eigenvalue weighted by Gasteiger charge is -2.20. The maximum Gasteiger partial charge on any atom is 0.264 e. The Morgan fingerprint density at radius 1 is 0.853 bits per heavy atom. The summed E-state index contributed by atoms with van der Waals surface area (Å²) in [5.74, 6) is 0.595. The zero-order valence-corrected chi connectivity index (χ0v) is 20.0. The Morgan fingerprint density at radius 3 is 1.97 bits per heavy atom. The van der Waals surface area contributed by atoms with Gasteiger partial charge in [0.15, 0.2) is 12.4 Å². The van der Waals surface area contributed by atoms with Gasteiger partial charge in [0.2, 0.25) is 0 Å². The van der Waals surface area contributed by atoms with Crippen LogP contribution in [0.3, 0.4) is 0 Å². The van der Waals surface area contributed by atoms with Crippen LogP contribution in [0.2, 0.25) is 0 Å². The number of ether oxygens (including phenoxy) is 2. The average molecular weight is 483 g/mol. The number of benzene rings is 3. The number of hydrogen-bond acceptors (Lipinski definition) is 6. The lowest BCUT2D eigenvalue weighted by atomic mass is 10.1. The molecule has 0 aliphatic carbocycles. The van der Waals surface area contributed by atoms with E-state index in [-0.39, 0.29) is 23.2 Å². The molecule has 0 radical (unpaired) electrons. The molecule has 0 atom stereocenters. The summed E-state index contributed by atoms with van der Waals surface area (Å²) in [7, 11) is -2.29. The normalized spacial score (nSPS) is 10.9. The molecule has 0 heterocycles. The third-order valence-electron chi connectivity index (χ3n) is 4.94. The number of carbonyl (C=O) groups excluding carboxylic acids is 2. The first-order valence-electron chi connectivity index (χ1n) is 10.6. The summed E-state index contributed by atoms with van der Waals surface area (Å²) < 4.78 is 37.9. The fraction of sp³-hybridized carbons (Fsp3) is 0.200. The van der Waals surface area contributed by atoms with Gasteiger partial charge in [-0.1, -0.05) is 0 Å².